The van der Waals surface area contributed by atoms with E-state index in [0.29, 0.717) is 6.01 Å². The van der Waals surface area contributed by atoms with E-state index in [4.69, 9.17) is 21.1 Å². The predicted octanol–water partition coefficient (Wildman–Crippen LogP) is 3.84. The van der Waals surface area contributed by atoms with Crippen LogP contribution in [0.25, 0.3) is 0 Å². The summed E-state index contributed by atoms with van der Waals surface area (Å²) in [5.74, 6) is 0.854. The van der Waals surface area contributed by atoms with E-state index in [-0.39, 0.29) is 18.2 Å². The van der Waals surface area contributed by atoms with Gasteiger partial charge >= 0.3 is 12.1 Å². The molecule has 8 nitrogen and oxygen atoms in total. The third-order valence-corrected chi connectivity index (χ3v) is 6.69. The van der Waals surface area contributed by atoms with Gasteiger partial charge in [-0.3, -0.25) is 4.90 Å². The van der Waals surface area contributed by atoms with Gasteiger partial charge in [-0.15, -0.1) is 0 Å². The summed E-state index contributed by atoms with van der Waals surface area (Å²) in [6.45, 7) is 4.21. The number of hydrogen-bond donors (Lipinski definition) is 0. The summed E-state index contributed by atoms with van der Waals surface area (Å²) in [6, 6.07) is 10.3. The highest BCUT2D eigenvalue weighted by atomic mass is 35.5. The molecule has 0 aliphatic carbocycles. The van der Waals surface area contributed by atoms with Crippen molar-refractivity contribution >= 4 is 23.5 Å². The third kappa shape index (κ3) is 6.26. The van der Waals surface area contributed by atoms with Gasteiger partial charge in [-0.25, -0.2) is 9.78 Å². The molecule has 3 heterocycles. The average molecular weight is 474 g/mol. The first-order chi connectivity index (χ1) is 16.0. The van der Waals surface area contributed by atoms with Crippen molar-refractivity contribution in [2.45, 2.75) is 44.4 Å². The summed E-state index contributed by atoms with van der Waals surface area (Å²) in [5, 5.41) is 0.749. The highest BCUT2D eigenvalue weighted by molar-refractivity contribution is 6.30. The van der Waals surface area contributed by atoms with Crippen LogP contribution in [0.4, 0.5) is 10.6 Å². The number of ether oxygens (including phenoxy) is 2. The normalized spacial score (nSPS) is 19.8. The van der Waals surface area contributed by atoms with Crippen LogP contribution in [0.15, 0.2) is 36.5 Å². The molecule has 1 aromatic heterocycles. The molecular weight excluding hydrogens is 442 g/mol. The van der Waals surface area contributed by atoms with Crippen LogP contribution in [0.2, 0.25) is 5.02 Å². The van der Waals surface area contributed by atoms with Gasteiger partial charge < -0.3 is 19.3 Å². The van der Waals surface area contributed by atoms with Crippen LogP contribution in [0.5, 0.6) is 6.01 Å². The first-order valence-electron chi connectivity index (χ1n) is 11.5. The van der Waals surface area contributed by atoms with E-state index in [0.717, 1.165) is 69.2 Å². The molecule has 1 unspecified atom stereocenters. The van der Waals surface area contributed by atoms with Crippen LogP contribution in [0.1, 0.15) is 31.2 Å². The maximum absolute atomic E-state index is 12.9. The first-order valence-corrected chi connectivity index (χ1v) is 11.9. The number of rotatable bonds is 6. The minimum atomic E-state index is -0.230. The third-order valence-electron chi connectivity index (χ3n) is 6.45. The number of hydrogen-bond acceptors (Lipinski definition) is 7. The van der Waals surface area contributed by atoms with Crippen molar-refractivity contribution in [3.05, 3.63) is 47.1 Å². The number of halogens is 1. The van der Waals surface area contributed by atoms with E-state index in [2.05, 4.69) is 25.8 Å². The van der Waals surface area contributed by atoms with E-state index in [1.54, 1.807) is 18.2 Å². The molecule has 0 saturated carbocycles. The number of carbonyl (C=O) groups excluding carboxylic acids is 1. The second kappa shape index (κ2) is 11.0. The number of anilines is 1. The topological polar surface area (TPSA) is 71.0 Å². The molecule has 2 aliphatic heterocycles. The Hall–Kier alpha value is -2.58. The molecule has 1 atom stereocenters. The van der Waals surface area contributed by atoms with Crippen molar-refractivity contribution in [2.24, 2.45) is 0 Å². The van der Waals surface area contributed by atoms with Gasteiger partial charge in [-0.05, 0) is 56.0 Å². The zero-order valence-electron chi connectivity index (χ0n) is 19.3. The van der Waals surface area contributed by atoms with Crippen LogP contribution in [0, 0.1) is 0 Å². The second-order valence-corrected chi connectivity index (χ2v) is 9.18. The fraction of sp³-hybridized carbons (Fsp3) is 0.542. The van der Waals surface area contributed by atoms with Crippen molar-refractivity contribution in [1.82, 2.24) is 19.8 Å². The quantitative estimate of drug-likeness (QED) is 0.631. The van der Waals surface area contributed by atoms with Gasteiger partial charge in [0.05, 0.1) is 7.11 Å². The average Bonchev–Trinajstić information content (AvgIpc) is 2.84. The number of aromatic nitrogens is 2. The van der Waals surface area contributed by atoms with Crippen molar-refractivity contribution in [1.29, 1.82) is 0 Å². The van der Waals surface area contributed by atoms with E-state index < -0.39 is 0 Å². The monoisotopic (exact) mass is 473 g/mol. The number of carbonyl (C=O) groups is 1. The second-order valence-electron chi connectivity index (χ2n) is 8.74. The standard InChI is InChI=1S/C24H32ClN5O3/c1-28(20-9-13-30(14-10-20)22-8-11-26-23(27-22)32-2)24(31)33-21-7-4-12-29(17-21)16-18-5-3-6-19(25)15-18/h3,5-6,8,11,15,20-21H,4,7,9-10,12-14,16-17H2,1-2H3. The number of likely N-dealkylation sites (tertiary alicyclic amines) is 1. The number of methoxy groups -OCH3 is 1. The smallest absolute Gasteiger partial charge is 0.410 e. The van der Waals surface area contributed by atoms with E-state index >= 15 is 0 Å². The van der Waals surface area contributed by atoms with Crippen molar-refractivity contribution in [3.63, 3.8) is 0 Å². The lowest BCUT2D eigenvalue weighted by atomic mass is 10.0. The van der Waals surface area contributed by atoms with E-state index in [1.807, 2.05) is 31.3 Å². The number of benzene rings is 1. The Morgan fingerprint density at radius 2 is 2.03 bits per heavy atom. The van der Waals surface area contributed by atoms with Gasteiger partial charge in [0, 0.05) is 50.5 Å². The summed E-state index contributed by atoms with van der Waals surface area (Å²) in [5.41, 5.74) is 1.18. The summed E-state index contributed by atoms with van der Waals surface area (Å²) < 4.78 is 11.0. The fourth-order valence-electron chi connectivity index (χ4n) is 4.61. The molecule has 1 amide bonds. The molecule has 33 heavy (non-hydrogen) atoms. The highest BCUT2D eigenvalue weighted by Crippen LogP contribution is 2.23. The lowest BCUT2D eigenvalue weighted by Gasteiger charge is -2.38. The van der Waals surface area contributed by atoms with E-state index in [1.165, 1.54) is 5.56 Å². The van der Waals surface area contributed by atoms with Crippen LogP contribution >= 0.6 is 11.6 Å². The van der Waals surface area contributed by atoms with Gasteiger partial charge in [0.2, 0.25) is 0 Å². The van der Waals surface area contributed by atoms with Gasteiger partial charge in [0.1, 0.15) is 11.9 Å². The first kappa shape index (κ1) is 23.6. The minimum absolute atomic E-state index is 0.0820. The zero-order chi connectivity index (χ0) is 23.2. The van der Waals surface area contributed by atoms with E-state index in [9.17, 15) is 4.79 Å². The maximum atomic E-state index is 12.9. The molecule has 4 rings (SSSR count). The summed E-state index contributed by atoms with van der Waals surface area (Å²) in [6.07, 6.45) is 5.04. The van der Waals surface area contributed by atoms with Gasteiger partial charge in [0.25, 0.3) is 0 Å². The Labute approximate surface area is 200 Å². The van der Waals surface area contributed by atoms with Crippen LogP contribution < -0.4 is 9.64 Å². The van der Waals surface area contributed by atoms with Gasteiger partial charge in [0.15, 0.2) is 0 Å². The molecule has 2 saturated heterocycles. The van der Waals surface area contributed by atoms with Gasteiger partial charge in [-0.1, -0.05) is 23.7 Å². The molecule has 0 spiro atoms. The fourth-order valence-corrected chi connectivity index (χ4v) is 4.82. The largest absolute Gasteiger partial charge is 0.467 e. The summed E-state index contributed by atoms with van der Waals surface area (Å²) >= 11 is 6.12. The molecule has 0 radical (unpaired) electrons. The molecule has 1 aromatic carbocycles. The highest BCUT2D eigenvalue weighted by Gasteiger charge is 2.30. The predicted molar refractivity (Wildman–Crippen MR) is 128 cm³/mol. The van der Waals surface area contributed by atoms with Crippen molar-refractivity contribution in [2.75, 3.05) is 45.2 Å². The molecular formula is C24H32ClN5O3. The van der Waals surface area contributed by atoms with Crippen molar-refractivity contribution in [3.8, 4) is 6.01 Å². The molecule has 2 aliphatic rings. The SMILES string of the molecule is COc1nccc(N2CCC(N(C)C(=O)OC3CCCN(Cc4cccc(Cl)c4)C3)CC2)n1. The number of piperidine rings is 2. The van der Waals surface area contributed by atoms with Crippen LogP contribution in [-0.4, -0.2) is 78.3 Å². The summed E-state index contributed by atoms with van der Waals surface area (Å²) in [7, 11) is 3.41. The van der Waals surface area contributed by atoms with Gasteiger partial charge in [-0.2, -0.15) is 4.98 Å². The molecule has 0 bridgehead atoms. The lowest BCUT2D eigenvalue weighted by Crippen LogP contribution is -2.48. The Morgan fingerprint density at radius 1 is 1.21 bits per heavy atom. The molecule has 9 heteroatoms. The maximum Gasteiger partial charge on any atom is 0.410 e. The Balaban J connectivity index is 1.25. The minimum Gasteiger partial charge on any atom is -0.467 e. The Morgan fingerprint density at radius 3 is 2.79 bits per heavy atom. The Bertz CT molecular complexity index is 938. The Kier molecular flexibility index (Phi) is 7.88. The number of nitrogens with zero attached hydrogens (tertiary/aromatic N) is 5. The lowest BCUT2D eigenvalue weighted by molar-refractivity contribution is 0.0159. The molecule has 2 fully saturated rings. The van der Waals surface area contributed by atoms with Crippen molar-refractivity contribution < 1.29 is 14.3 Å². The van der Waals surface area contributed by atoms with Crippen LogP contribution in [-0.2, 0) is 11.3 Å². The zero-order valence-corrected chi connectivity index (χ0v) is 20.1. The molecule has 2 aromatic rings. The molecule has 0 N–H and O–H groups in total. The molecule has 178 valence electrons. The van der Waals surface area contributed by atoms with Crippen LogP contribution in [0.3, 0.4) is 0 Å². The number of amides is 1. The summed E-state index contributed by atoms with van der Waals surface area (Å²) in [4.78, 5) is 27.7.